The molecule has 0 bridgehead atoms. The first-order valence-electron chi connectivity index (χ1n) is 5.52. The van der Waals surface area contributed by atoms with Crippen molar-refractivity contribution in [2.75, 3.05) is 7.11 Å². The molecule has 4 N–H and O–H groups in total. The quantitative estimate of drug-likeness (QED) is 0.552. The number of ether oxygens (including phenoxy) is 1. The van der Waals surface area contributed by atoms with Gasteiger partial charge >= 0.3 is 0 Å². The van der Waals surface area contributed by atoms with E-state index in [9.17, 15) is 4.39 Å². The van der Waals surface area contributed by atoms with Crippen molar-refractivity contribution in [1.82, 2.24) is 15.4 Å². The van der Waals surface area contributed by atoms with Gasteiger partial charge in [-0.1, -0.05) is 6.07 Å². The Morgan fingerprint density at radius 2 is 2.39 bits per heavy atom. The number of aromatic amines is 1. The number of aromatic nitrogens is 2. The van der Waals surface area contributed by atoms with Crippen molar-refractivity contribution in [2.24, 2.45) is 5.84 Å². The highest BCUT2D eigenvalue weighted by Gasteiger charge is 2.14. The molecule has 0 amide bonds. The molecule has 2 aromatic rings. The van der Waals surface area contributed by atoms with Crippen molar-refractivity contribution < 1.29 is 9.13 Å². The number of H-pyrrole nitrogens is 1. The molecule has 0 aliphatic heterocycles. The molecule has 0 fully saturated rings. The molecule has 1 unspecified atom stereocenters. The molecular formula is C12H15FN4O. The van der Waals surface area contributed by atoms with Gasteiger partial charge < -0.3 is 9.72 Å². The molecule has 1 atom stereocenters. The lowest BCUT2D eigenvalue weighted by Crippen LogP contribution is -2.30. The molecule has 6 heteroatoms. The topological polar surface area (TPSA) is 76.0 Å². The summed E-state index contributed by atoms with van der Waals surface area (Å²) in [5, 5.41) is 0. The lowest BCUT2D eigenvalue weighted by molar-refractivity contribution is 0.386. The van der Waals surface area contributed by atoms with E-state index in [1.54, 1.807) is 24.5 Å². The second kappa shape index (κ2) is 5.61. The van der Waals surface area contributed by atoms with E-state index < -0.39 is 0 Å². The highest BCUT2D eigenvalue weighted by Crippen LogP contribution is 2.21. The van der Waals surface area contributed by atoms with Crippen molar-refractivity contribution in [3.05, 3.63) is 47.8 Å². The fourth-order valence-corrected chi connectivity index (χ4v) is 1.78. The Kier molecular flexibility index (Phi) is 3.91. The van der Waals surface area contributed by atoms with E-state index in [0.717, 1.165) is 5.56 Å². The Hall–Kier alpha value is -1.92. The van der Waals surface area contributed by atoms with E-state index in [0.29, 0.717) is 12.2 Å². The average Bonchev–Trinajstić information content (AvgIpc) is 2.90. The van der Waals surface area contributed by atoms with Gasteiger partial charge in [-0.05, 0) is 24.1 Å². The molecule has 2 rings (SSSR count). The number of halogens is 1. The van der Waals surface area contributed by atoms with Crippen LogP contribution in [0.5, 0.6) is 5.75 Å². The van der Waals surface area contributed by atoms with Gasteiger partial charge in [-0.15, -0.1) is 0 Å². The first-order valence-corrected chi connectivity index (χ1v) is 5.52. The zero-order valence-corrected chi connectivity index (χ0v) is 9.98. The van der Waals surface area contributed by atoms with Gasteiger partial charge in [0.05, 0.1) is 13.2 Å². The Bertz CT molecular complexity index is 501. The summed E-state index contributed by atoms with van der Waals surface area (Å²) >= 11 is 0. The highest BCUT2D eigenvalue weighted by molar-refractivity contribution is 5.30. The van der Waals surface area contributed by atoms with E-state index in [2.05, 4.69) is 15.4 Å². The summed E-state index contributed by atoms with van der Waals surface area (Å²) in [4.78, 5) is 7.10. The summed E-state index contributed by atoms with van der Waals surface area (Å²) in [6.45, 7) is 0. The van der Waals surface area contributed by atoms with Crippen LogP contribution >= 0.6 is 0 Å². The fraction of sp³-hybridized carbons (Fsp3) is 0.250. The molecule has 1 aromatic carbocycles. The first kappa shape index (κ1) is 12.5. The fourth-order valence-electron chi connectivity index (χ4n) is 1.78. The molecule has 0 spiro atoms. The van der Waals surface area contributed by atoms with Crippen LogP contribution in [0.2, 0.25) is 0 Å². The van der Waals surface area contributed by atoms with Crippen molar-refractivity contribution in [1.29, 1.82) is 0 Å². The molecule has 0 saturated carbocycles. The Labute approximate surface area is 104 Å². The molecule has 5 nitrogen and oxygen atoms in total. The average molecular weight is 250 g/mol. The van der Waals surface area contributed by atoms with Crippen LogP contribution in [0.15, 0.2) is 30.6 Å². The number of hydrazine groups is 1. The maximum absolute atomic E-state index is 13.5. The molecule has 1 aromatic heterocycles. The van der Waals surface area contributed by atoms with Gasteiger partial charge in [-0.3, -0.25) is 5.84 Å². The standard InChI is InChI=1S/C12H15FN4O/c1-18-11-3-2-8(6-9(11)13)7-10(17-14)12-15-4-5-16-12/h2-6,10,17H,7,14H2,1H3,(H,15,16). The number of nitrogens with one attached hydrogen (secondary N) is 2. The third-order valence-corrected chi connectivity index (χ3v) is 2.71. The number of methoxy groups -OCH3 is 1. The molecular weight excluding hydrogens is 235 g/mol. The van der Waals surface area contributed by atoms with Gasteiger partial charge in [0.2, 0.25) is 0 Å². The summed E-state index contributed by atoms with van der Waals surface area (Å²) in [6, 6.07) is 4.65. The first-order chi connectivity index (χ1) is 8.74. The molecule has 1 heterocycles. The van der Waals surface area contributed by atoms with Gasteiger partial charge in [0.15, 0.2) is 11.6 Å². The van der Waals surface area contributed by atoms with Crippen LogP contribution in [0, 0.1) is 5.82 Å². The van der Waals surface area contributed by atoms with Crippen LogP contribution < -0.4 is 16.0 Å². The minimum absolute atomic E-state index is 0.187. The number of hydrogen-bond donors (Lipinski definition) is 3. The van der Waals surface area contributed by atoms with Gasteiger partial charge in [-0.25, -0.2) is 14.8 Å². The number of nitrogens with zero attached hydrogens (tertiary/aromatic N) is 1. The minimum Gasteiger partial charge on any atom is -0.494 e. The van der Waals surface area contributed by atoms with Crippen molar-refractivity contribution in [3.8, 4) is 5.75 Å². The zero-order valence-electron chi connectivity index (χ0n) is 9.98. The lowest BCUT2D eigenvalue weighted by atomic mass is 10.1. The molecule has 18 heavy (non-hydrogen) atoms. The van der Waals surface area contributed by atoms with Crippen LogP contribution in [-0.2, 0) is 6.42 Å². The summed E-state index contributed by atoms with van der Waals surface area (Å²) in [7, 11) is 1.44. The van der Waals surface area contributed by atoms with Crippen molar-refractivity contribution >= 4 is 0 Å². The number of hydrogen-bond acceptors (Lipinski definition) is 4. The normalized spacial score (nSPS) is 12.4. The smallest absolute Gasteiger partial charge is 0.165 e. The number of rotatable bonds is 5. The van der Waals surface area contributed by atoms with Gasteiger partial charge in [0.25, 0.3) is 0 Å². The van der Waals surface area contributed by atoms with Crippen molar-refractivity contribution in [2.45, 2.75) is 12.5 Å². The molecule has 96 valence electrons. The van der Waals surface area contributed by atoms with E-state index in [1.807, 2.05) is 0 Å². The van der Waals surface area contributed by atoms with Crippen LogP contribution in [0.25, 0.3) is 0 Å². The van der Waals surface area contributed by atoms with E-state index in [4.69, 9.17) is 10.6 Å². The second-order valence-electron chi connectivity index (χ2n) is 3.87. The Morgan fingerprint density at radius 3 is 2.94 bits per heavy atom. The lowest BCUT2D eigenvalue weighted by Gasteiger charge is -2.14. The molecule has 0 aliphatic carbocycles. The third kappa shape index (κ3) is 2.66. The second-order valence-corrected chi connectivity index (χ2v) is 3.87. The minimum atomic E-state index is -0.384. The largest absolute Gasteiger partial charge is 0.494 e. The van der Waals surface area contributed by atoms with E-state index >= 15 is 0 Å². The van der Waals surface area contributed by atoms with Crippen LogP contribution in [0.1, 0.15) is 17.4 Å². The van der Waals surface area contributed by atoms with Crippen LogP contribution in [0.3, 0.4) is 0 Å². The maximum atomic E-state index is 13.5. The monoisotopic (exact) mass is 250 g/mol. The van der Waals surface area contributed by atoms with Crippen LogP contribution in [0.4, 0.5) is 4.39 Å². The zero-order chi connectivity index (χ0) is 13.0. The van der Waals surface area contributed by atoms with E-state index in [1.165, 1.54) is 13.2 Å². The predicted octanol–water partition coefficient (Wildman–Crippen LogP) is 1.30. The van der Waals surface area contributed by atoms with Gasteiger partial charge in [0, 0.05) is 12.4 Å². The number of nitrogens with two attached hydrogens (primary N) is 1. The van der Waals surface area contributed by atoms with E-state index in [-0.39, 0.29) is 17.6 Å². The number of imidazole rings is 1. The van der Waals surface area contributed by atoms with Gasteiger partial charge in [0.1, 0.15) is 5.82 Å². The Morgan fingerprint density at radius 1 is 1.56 bits per heavy atom. The summed E-state index contributed by atoms with van der Waals surface area (Å²) < 4.78 is 18.4. The van der Waals surface area contributed by atoms with Crippen molar-refractivity contribution in [3.63, 3.8) is 0 Å². The maximum Gasteiger partial charge on any atom is 0.165 e. The third-order valence-electron chi connectivity index (χ3n) is 2.71. The molecule has 0 radical (unpaired) electrons. The predicted molar refractivity (Wildman–Crippen MR) is 65.3 cm³/mol. The SMILES string of the molecule is COc1ccc(CC(NN)c2ncc[nH]2)cc1F. The molecule has 0 saturated heterocycles. The molecule has 0 aliphatic rings. The summed E-state index contributed by atoms with van der Waals surface area (Å²) in [5.41, 5.74) is 3.47. The highest BCUT2D eigenvalue weighted by atomic mass is 19.1. The summed E-state index contributed by atoms with van der Waals surface area (Å²) in [6.07, 6.45) is 3.90. The summed E-state index contributed by atoms with van der Waals surface area (Å²) in [5.74, 6) is 6.04. The van der Waals surface area contributed by atoms with Crippen LogP contribution in [-0.4, -0.2) is 17.1 Å². The van der Waals surface area contributed by atoms with Gasteiger partial charge in [-0.2, -0.15) is 0 Å². The number of benzene rings is 1. The Balaban J connectivity index is 2.15.